The van der Waals surface area contributed by atoms with Crippen LogP contribution in [0.25, 0.3) is 17.1 Å². The zero-order chi connectivity index (χ0) is 18.8. The van der Waals surface area contributed by atoms with Crippen molar-refractivity contribution in [2.45, 2.75) is 24.7 Å². The SMILES string of the molecule is Nc1cc(-c2nccn2-c2ccc(F)cc2F)cc2c1NC(=O)C21CCC1. The summed E-state index contributed by atoms with van der Waals surface area (Å²) >= 11 is 0. The highest BCUT2D eigenvalue weighted by atomic mass is 19.1. The second kappa shape index (κ2) is 5.39. The molecule has 136 valence electrons. The Hall–Kier alpha value is -3.22. The lowest BCUT2D eigenvalue weighted by molar-refractivity contribution is -0.123. The maximum absolute atomic E-state index is 14.3. The lowest BCUT2D eigenvalue weighted by atomic mass is 9.65. The largest absolute Gasteiger partial charge is 0.397 e. The van der Waals surface area contributed by atoms with Crippen LogP contribution in [0.3, 0.4) is 0 Å². The van der Waals surface area contributed by atoms with Gasteiger partial charge in [0.15, 0.2) is 0 Å². The monoisotopic (exact) mass is 366 g/mol. The van der Waals surface area contributed by atoms with Gasteiger partial charge in [-0.2, -0.15) is 0 Å². The molecule has 0 saturated heterocycles. The Labute approximate surface area is 153 Å². The van der Waals surface area contributed by atoms with E-state index >= 15 is 0 Å². The molecular weight excluding hydrogens is 350 g/mol. The van der Waals surface area contributed by atoms with E-state index in [1.165, 1.54) is 12.1 Å². The molecule has 0 radical (unpaired) electrons. The van der Waals surface area contributed by atoms with Crippen molar-refractivity contribution in [3.63, 3.8) is 0 Å². The average Bonchev–Trinajstić information content (AvgIpc) is 3.16. The minimum absolute atomic E-state index is 0.0134. The van der Waals surface area contributed by atoms with Gasteiger partial charge in [0, 0.05) is 24.0 Å². The number of rotatable bonds is 2. The predicted octanol–water partition coefficient (Wildman–Crippen LogP) is 3.77. The van der Waals surface area contributed by atoms with Gasteiger partial charge in [-0.3, -0.25) is 9.36 Å². The molecule has 1 amide bonds. The van der Waals surface area contributed by atoms with Gasteiger partial charge in [-0.1, -0.05) is 6.42 Å². The van der Waals surface area contributed by atoms with Crippen LogP contribution >= 0.6 is 0 Å². The van der Waals surface area contributed by atoms with Crippen LogP contribution in [0.15, 0.2) is 42.7 Å². The fourth-order valence-corrected chi connectivity index (χ4v) is 4.08. The summed E-state index contributed by atoms with van der Waals surface area (Å²) in [5.41, 5.74) is 8.55. The normalized spacial score (nSPS) is 16.9. The molecule has 1 saturated carbocycles. The quantitative estimate of drug-likeness (QED) is 0.678. The third-order valence-corrected chi connectivity index (χ3v) is 5.63. The Bertz CT molecular complexity index is 1100. The highest BCUT2D eigenvalue weighted by molar-refractivity contribution is 6.10. The molecule has 1 fully saturated rings. The summed E-state index contributed by atoms with van der Waals surface area (Å²) in [5.74, 6) is -0.865. The third-order valence-electron chi connectivity index (χ3n) is 5.63. The fraction of sp³-hybridized carbons (Fsp3) is 0.200. The first-order valence-corrected chi connectivity index (χ1v) is 8.74. The molecule has 0 unspecified atom stereocenters. The van der Waals surface area contributed by atoms with E-state index in [4.69, 9.17) is 5.73 Å². The number of nitrogen functional groups attached to an aromatic ring is 1. The van der Waals surface area contributed by atoms with Crippen molar-refractivity contribution in [3.8, 4) is 17.1 Å². The number of nitrogens with zero attached hydrogens (tertiary/aromatic N) is 2. The van der Waals surface area contributed by atoms with Gasteiger partial charge in [-0.15, -0.1) is 0 Å². The number of nitrogens with one attached hydrogen (secondary N) is 1. The van der Waals surface area contributed by atoms with Crippen molar-refractivity contribution < 1.29 is 13.6 Å². The molecule has 2 aromatic carbocycles. The molecule has 1 aliphatic heterocycles. The Balaban J connectivity index is 1.67. The number of anilines is 2. The number of aromatic nitrogens is 2. The number of carbonyl (C=O) groups excluding carboxylic acids is 1. The van der Waals surface area contributed by atoms with E-state index in [1.54, 1.807) is 23.0 Å². The van der Waals surface area contributed by atoms with E-state index in [-0.39, 0.29) is 11.6 Å². The average molecular weight is 366 g/mol. The van der Waals surface area contributed by atoms with Crippen LogP contribution in [-0.4, -0.2) is 15.5 Å². The number of hydrogen-bond acceptors (Lipinski definition) is 3. The van der Waals surface area contributed by atoms with Crippen molar-refractivity contribution in [2.24, 2.45) is 0 Å². The predicted molar refractivity (Wildman–Crippen MR) is 97.5 cm³/mol. The van der Waals surface area contributed by atoms with Gasteiger partial charge in [0.2, 0.25) is 5.91 Å². The molecule has 3 aromatic rings. The molecule has 5 nitrogen and oxygen atoms in total. The number of hydrogen-bond donors (Lipinski definition) is 2. The zero-order valence-electron chi connectivity index (χ0n) is 14.3. The summed E-state index contributed by atoms with van der Waals surface area (Å²) in [4.78, 5) is 16.8. The molecule has 1 aliphatic carbocycles. The molecule has 7 heteroatoms. The van der Waals surface area contributed by atoms with E-state index < -0.39 is 17.0 Å². The van der Waals surface area contributed by atoms with E-state index in [0.717, 1.165) is 30.9 Å². The first-order valence-electron chi connectivity index (χ1n) is 8.74. The molecule has 0 atom stereocenters. The number of nitrogens with two attached hydrogens (primary N) is 1. The van der Waals surface area contributed by atoms with Crippen LogP contribution in [0.2, 0.25) is 0 Å². The van der Waals surface area contributed by atoms with Gasteiger partial charge in [0.1, 0.15) is 17.5 Å². The van der Waals surface area contributed by atoms with Crippen LogP contribution < -0.4 is 11.1 Å². The molecule has 0 bridgehead atoms. The molecular formula is C20H16F2N4O. The van der Waals surface area contributed by atoms with Crippen LogP contribution in [0.4, 0.5) is 20.2 Å². The summed E-state index contributed by atoms with van der Waals surface area (Å²) in [6.07, 6.45) is 5.72. The zero-order valence-corrected chi connectivity index (χ0v) is 14.3. The molecule has 2 aliphatic rings. The Morgan fingerprint density at radius 2 is 2.00 bits per heavy atom. The van der Waals surface area contributed by atoms with Crippen molar-refractivity contribution >= 4 is 17.3 Å². The molecule has 2 heterocycles. The highest BCUT2D eigenvalue weighted by Gasteiger charge is 2.51. The summed E-state index contributed by atoms with van der Waals surface area (Å²) in [5, 5.41) is 2.90. The maximum atomic E-state index is 14.3. The van der Waals surface area contributed by atoms with Crippen molar-refractivity contribution in [1.82, 2.24) is 9.55 Å². The van der Waals surface area contributed by atoms with Crippen LogP contribution in [-0.2, 0) is 10.2 Å². The van der Waals surface area contributed by atoms with Gasteiger partial charge in [-0.25, -0.2) is 13.8 Å². The molecule has 1 spiro atoms. The van der Waals surface area contributed by atoms with Crippen LogP contribution in [0.1, 0.15) is 24.8 Å². The van der Waals surface area contributed by atoms with Gasteiger partial charge in [0.25, 0.3) is 0 Å². The second-order valence-electron chi connectivity index (χ2n) is 7.09. The minimum atomic E-state index is -0.685. The second-order valence-corrected chi connectivity index (χ2v) is 7.09. The van der Waals surface area contributed by atoms with Gasteiger partial charge in [-0.05, 0) is 42.7 Å². The summed E-state index contributed by atoms with van der Waals surface area (Å²) in [7, 11) is 0. The van der Waals surface area contributed by atoms with Gasteiger partial charge in [0.05, 0.1) is 22.5 Å². The van der Waals surface area contributed by atoms with Crippen LogP contribution in [0, 0.1) is 11.6 Å². The van der Waals surface area contributed by atoms with E-state index in [1.807, 2.05) is 6.07 Å². The van der Waals surface area contributed by atoms with E-state index in [9.17, 15) is 13.6 Å². The molecule has 1 aromatic heterocycles. The Morgan fingerprint density at radius 1 is 1.19 bits per heavy atom. The maximum Gasteiger partial charge on any atom is 0.235 e. The van der Waals surface area contributed by atoms with Crippen molar-refractivity contribution in [2.75, 3.05) is 11.1 Å². The Kier molecular flexibility index (Phi) is 3.19. The Morgan fingerprint density at radius 3 is 2.70 bits per heavy atom. The fourth-order valence-electron chi connectivity index (χ4n) is 4.08. The topological polar surface area (TPSA) is 72.9 Å². The molecule has 5 rings (SSSR count). The smallest absolute Gasteiger partial charge is 0.235 e. The number of carbonyl (C=O) groups is 1. The van der Waals surface area contributed by atoms with E-state index in [0.29, 0.717) is 22.8 Å². The summed E-state index contributed by atoms with van der Waals surface area (Å²) < 4.78 is 29.1. The standard InChI is InChI=1S/C20H16F2N4O/c21-12-2-3-16(14(22)10-12)26-7-6-24-18(26)11-8-13-17(15(23)9-11)25-19(27)20(13)4-1-5-20/h2-3,6-10H,1,4-5,23H2,(H,25,27). The number of halogens is 2. The molecule has 3 N–H and O–H groups in total. The first kappa shape index (κ1) is 16.0. The number of imidazole rings is 1. The summed E-state index contributed by atoms with van der Waals surface area (Å²) in [6, 6.07) is 7.03. The molecule has 27 heavy (non-hydrogen) atoms. The van der Waals surface area contributed by atoms with E-state index in [2.05, 4.69) is 10.3 Å². The number of fused-ring (bicyclic) bond motifs is 2. The van der Waals surface area contributed by atoms with Crippen LogP contribution in [0.5, 0.6) is 0 Å². The highest BCUT2D eigenvalue weighted by Crippen LogP contribution is 2.53. The van der Waals surface area contributed by atoms with Gasteiger partial charge < -0.3 is 11.1 Å². The van der Waals surface area contributed by atoms with Crippen molar-refractivity contribution in [3.05, 3.63) is 59.9 Å². The lowest BCUT2D eigenvalue weighted by Gasteiger charge is -2.36. The summed E-state index contributed by atoms with van der Waals surface area (Å²) in [6.45, 7) is 0. The van der Waals surface area contributed by atoms with Crippen molar-refractivity contribution in [1.29, 1.82) is 0 Å². The first-order chi connectivity index (χ1) is 13.0. The lowest BCUT2D eigenvalue weighted by Crippen LogP contribution is -2.40. The van der Waals surface area contributed by atoms with Gasteiger partial charge >= 0.3 is 0 Å². The minimum Gasteiger partial charge on any atom is -0.397 e. The number of amides is 1. The third kappa shape index (κ3) is 2.14. The number of benzene rings is 2.